The molecular weight excluding hydrogens is 245 g/mol. The van der Waals surface area contributed by atoms with E-state index in [2.05, 4.69) is 4.98 Å². The summed E-state index contributed by atoms with van der Waals surface area (Å²) in [7, 11) is 0. The summed E-state index contributed by atoms with van der Waals surface area (Å²) in [5.74, 6) is -1.51. The van der Waals surface area contributed by atoms with E-state index >= 15 is 0 Å². The van der Waals surface area contributed by atoms with E-state index in [-0.39, 0.29) is 10.6 Å². The third-order valence-electron chi connectivity index (χ3n) is 2.19. The molecule has 0 fully saturated rings. The van der Waals surface area contributed by atoms with E-state index in [1.54, 1.807) is 6.07 Å². The van der Waals surface area contributed by atoms with Gasteiger partial charge in [-0.3, -0.25) is 4.98 Å². The lowest BCUT2D eigenvalue weighted by atomic mass is 10.1. The number of rotatable bonds is 2. The maximum Gasteiger partial charge on any atom is 0.337 e. The quantitative estimate of drug-likeness (QED) is 0.891. The number of benzene rings is 1. The Morgan fingerprint density at radius 1 is 1.35 bits per heavy atom. The summed E-state index contributed by atoms with van der Waals surface area (Å²) in [6.45, 7) is 0. The standard InChI is InChI=1S/C12H7ClFNO2/c13-10-5-8(12(16)17)6-15-11(10)7-2-1-3-9(14)4-7/h1-6H,(H,16,17). The first kappa shape index (κ1) is 11.5. The monoisotopic (exact) mass is 251 g/mol. The van der Waals surface area contributed by atoms with Gasteiger partial charge in [0.2, 0.25) is 0 Å². The van der Waals surface area contributed by atoms with Crippen molar-refractivity contribution in [3.63, 3.8) is 0 Å². The molecule has 0 unspecified atom stereocenters. The Morgan fingerprint density at radius 2 is 2.12 bits per heavy atom. The summed E-state index contributed by atoms with van der Waals surface area (Å²) in [4.78, 5) is 14.6. The molecule has 0 amide bonds. The SMILES string of the molecule is O=C(O)c1cnc(-c2cccc(F)c2)c(Cl)c1. The van der Waals surface area contributed by atoms with Crippen LogP contribution in [0, 0.1) is 5.82 Å². The van der Waals surface area contributed by atoms with Crippen molar-refractivity contribution < 1.29 is 14.3 Å². The van der Waals surface area contributed by atoms with Crippen LogP contribution in [-0.4, -0.2) is 16.1 Å². The number of carbonyl (C=O) groups is 1. The highest BCUT2D eigenvalue weighted by molar-refractivity contribution is 6.33. The van der Waals surface area contributed by atoms with Crippen LogP contribution in [0.1, 0.15) is 10.4 Å². The van der Waals surface area contributed by atoms with Crippen LogP contribution < -0.4 is 0 Å². The van der Waals surface area contributed by atoms with Gasteiger partial charge in [-0.25, -0.2) is 9.18 Å². The lowest BCUT2D eigenvalue weighted by Gasteiger charge is -2.04. The normalized spacial score (nSPS) is 10.2. The average molecular weight is 252 g/mol. The molecule has 86 valence electrons. The summed E-state index contributed by atoms with van der Waals surface area (Å²) in [5.41, 5.74) is 0.859. The predicted octanol–water partition coefficient (Wildman–Crippen LogP) is 3.24. The predicted molar refractivity (Wildman–Crippen MR) is 61.6 cm³/mol. The fourth-order valence-electron chi connectivity index (χ4n) is 1.40. The first-order valence-electron chi connectivity index (χ1n) is 4.72. The van der Waals surface area contributed by atoms with Gasteiger partial charge >= 0.3 is 5.97 Å². The third-order valence-corrected chi connectivity index (χ3v) is 2.47. The first-order chi connectivity index (χ1) is 8.08. The van der Waals surface area contributed by atoms with Crippen LogP contribution >= 0.6 is 11.6 Å². The van der Waals surface area contributed by atoms with Crippen molar-refractivity contribution >= 4 is 17.6 Å². The van der Waals surface area contributed by atoms with Crippen molar-refractivity contribution in [3.8, 4) is 11.3 Å². The molecule has 3 nitrogen and oxygen atoms in total. The molecule has 0 spiro atoms. The zero-order chi connectivity index (χ0) is 12.4. The van der Waals surface area contributed by atoms with Crippen LogP contribution in [0.15, 0.2) is 36.5 Å². The van der Waals surface area contributed by atoms with Gasteiger partial charge in [0.1, 0.15) is 5.82 Å². The molecule has 2 aromatic rings. The van der Waals surface area contributed by atoms with Crippen molar-refractivity contribution in [3.05, 3.63) is 52.9 Å². The van der Waals surface area contributed by atoms with Gasteiger partial charge in [-0.15, -0.1) is 0 Å². The number of nitrogens with zero attached hydrogens (tertiary/aromatic N) is 1. The van der Waals surface area contributed by atoms with E-state index in [9.17, 15) is 9.18 Å². The van der Waals surface area contributed by atoms with Gasteiger partial charge in [-0.2, -0.15) is 0 Å². The Hall–Kier alpha value is -1.94. The zero-order valence-electron chi connectivity index (χ0n) is 8.52. The summed E-state index contributed by atoms with van der Waals surface area (Å²) in [6, 6.07) is 7.07. The topological polar surface area (TPSA) is 50.2 Å². The molecular formula is C12H7ClFNO2. The molecule has 17 heavy (non-hydrogen) atoms. The molecule has 0 aliphatic rings. The van der Waals surface area contributed by atoms with Crippen LogP contribution in [0.25, 0.3) is 11.3 Å². The van der Waals surface area contributed by atoms with Crippen molar-refractivity contribution in [1.29, 1.82) is 0 Å². The first-order valence-corrected chi connectivity index (χ1v) is 5.10. The molecule has 0 atom stereocenters. The molecule has 0 radical (unpaired) electrons. The second kappa shape index (κ2) is 4.51. The van der Waals surface area contributed by atoms with Crippen LogP contribution in [0.3, 0.4) is 0 Å². The van der Waals surface area contributed by atoms with Gasteiger partial charge in [-0.1, -0.05) is 23.7 Å². The Balaban J connectivity index is 2.50. The van der Waals surface area contributed by atoms with E-state index < -0.39 is 11.8 Å². The van der Waals surface area contributed by atoms with E-state index in [1.807, 2.05) is 0 Å². The second-order valence-electron chi connectivity index (χ2n) is 3.37. The fourth-order valence-corrected chi connectivity index (χ4v) is 1.68. The van der Waals surface area contributed by atoms with E-state index in [1.165, 1.54) is 30.5 Å². The van der Waals surface area contributed by atoms with Gasteiger partial charge in [0, 0.05) is 11.8 Å². The largest absolute Gasteiger partial charge is 0.478 e. The van der Waals surface area contributed by atoms with E-state index in [0.29, 0.717) is 11.3 Å². The molecule has 0 bridgehead atoms. The number of aromatic nitrogens is 1. The number of carboxylic acid groups (broad SMARTS) is 1. The van der Waals surface area contributed by atoms with Crippen LogP contribution in [0.4, 0.5) is 4.39 Å². The molecule has 0 saturated carbocycles. The van der Waals surface area contributed by atoms with Crippen molar-refractivity contribution in [2.24, 2.45) is 0 Å². The molecule has 2 rings (SSSR count). The number of hydrogen-bond donors (Lipinski definition) is 1. The minimum Gasteiger partial charge on any atom is -0.478 e. The number of hydrogen-bond acceptors (Lipinski definition) is 2. The maximum absolute atomic E-state index is 13.0. The molecule has 1 aromatic carbocycles. The van der Waals surface area contributed by atoms with E-state index in [0.717, 1.165) is 0 Å². The lowest BCUT2D eigenvalue weighted by molar-refractivity contribution is 0.0696. The number of pyridine rings is 1. The number of carboxylic acids is 1. The van der Waals surface area contributed by atoms with Crippen molar-refractivity contribution in [2.45, 2.75) is 0 Å². The zero-order valence-corrected chi connectivity index (χ0v) is 9.28. The fraction of sp³-hybridized carbons (Fsp3) is 0. The molecule has 5 heteroatoms. The van der Waals surface area contributed by atoms with Gasteiger partial charge in [0.15, 0.2) is 0 Å². The van der Waals surface area contributed by atoms with Crippen molar-refractivity contribution in [2.75, 3.05) is 0 Å². The third kappa shape index (κ3) is 2.42. The second-order valence-corrected chi connectivity index (χ2v) is 3.78. The Morgan fingerprint density at radius 3 is 2.71 bits per heavy atom. The van der Waals surface area contributed by atoms with Crippen LogP contribution in [0.2, 0.25) is 5.02 Å². The lowest BCUT2D eigenvalue weighted by Crippen LogP contribution is -1.98. The Labute approximate surface area is 101 Å². The minimum absolute atomic E-state index is 0.00449. The highest BCUT2D eigenvalue weighted by Gasteiger charge is 2.10. The van der Waals surface area contributed by atoms with Crippen molar-refractivity contribution in [1.82, 2.24) is 4.98 Å². The summed E-state index contributed by atoms with van der Waals surface area (Å²) < 4.78 is 13.0. The molecule has 1 N–H and O–H groups in total. The van der Waals surface area contributed by atoms with Gasteiger partial charge < -0.3 is 5.11 Å². The highest BCUT2D eigenvalue weighted by atomic mass is 35.5. The van der Waals surface area contributed by atoms with Gasteiger partial charge in [-0.05, 0) is 18.2 Å². The number of aromatic carboxylic acids is 1. The van der Waals surface area contributed by atoms with Crippen LogP contribution in [-0.2, 0) is 0 Å². The Bertz CT molecular complexity index is 586. The molecule has 1 aromatic heterocycles. The summed E-state index contributed by atoms with van der Waals surface area (Å²) in [5, 5.41) is 8.93. The Kier molecular flexibility index (Phi) is 3.06. The van der Waals surface area contributed by atoms with Gasteiger partial charge in [0.05, 0.1) is 16.3 Å². The molecule has 1 heterocycles. The molecule has 0 aliphatic carbocycles. The van der Waals surface area contributed by atoms with Crippen LogP contribution in [0.5, 0.6) is 0 Å². The average Bonchev–Trinajstić information content (AvgIpc) is 2.28. The maximum atomic E-state index is 13.0. The van der Waals surface area contributed by atoms with E-state index in [4.69, 9.17) is 16.7 Å². The van der Waals surface area contributed by atoms with Gasteiger partial charge in [0.25, 0.3) is 0 Å². The number of halogens is 2. The molecule has 0 aliphatic heterocycles. The smallest absolute Gasteiger partial charge is 0.337 e. The summed E-state index contributed by atoms with van der Waals surface area (Å²) >= 11 is 5.91. The summed E-state index contributed by atoms with van der Waals surface area (Å²) in [6.07, 6.45) is 1.19. The minimum atomic E-state index is -1.11. The molecule has 0 saturated heterocycles. The highest BCUT2D eigenvalue weighted by Crippen LogP contribution is 2.26.